The molecule has 1 aromatic rings. The van der Waals surface area contributed by atoms with Gasteiger partial charge in [0.15, 0.2) is 0 Å². The van der Waals surface area contributed by atoms with Crippen molar-refractivity contribution in [2.24, 2.45) is 0 Å². The van der Waals surface area contributed by atoms with E-state index >= 15 is 0 Å². The van der Waals surface area contributed by atoms with Gasteiger partial charge in [0.1, 0.15) is 0 Å². The topological polar surface area (TPSA) is 25.8 Å². The van der Waals surface area contributed by atoms with Crippen LogP contribution in [0.3, 0.4) is 0 Å². The molecule has 1 aromatic heterocycles. The van der Waals surface area contributed by atoms with E-state index in [1.54, 1.807) is 0 Å². The fourth-order valence-corrected chi connectivity index (χ4v) is 1.36. The third-order valence-electron chi connectivity index (χ3n) is 2.33. The number of nitrogens with zero attached hydrogens (tertiary/aromatic N) is 2. The molecule has 78 valence electrons. The Balaban J connectivity index is 2.42. The van der Waals surface area contributed by atoms with E-state index in [1.165, 1.54) is 25.7 Å². The lowest BCUT2D eigenvalue weighted by Gasteiger charge is -2.01. The second-order valence-corrected chi connectivity index (χ2v) is 3.71. The second-order valence-electron chi connectivity index (χ2n) is 3.71. The summed E-state index contributed by atoms with van der Waals surface area (Å²) in [5, 5.41) is 0. The van der Waals surface area contributed by atoms with Crippen molar-refractivity contribution in [3.05, 3.63) is 23.8 Å². The molecule has 0 saturated heterocycles. The van der Waals surface area contributed by atoms with Crippen LogP contribution in [0.15, 0.2) is 12.4 Å². The molecule has 2 nitrogen and oxygen atoms in total. The number of hydrogen-bond acceptors (Lipinski definition) is 2. The molecule has 0 atom stereocenters. The zero-order valence-electron chi connectivity index (χ0n) is 9.29. The van der Waals surface area contributed by atoms with Gasteiger partial charge < -0.3 is 0 Å². The van der Waals surface area contributed by atoms with Crippen LogP contribution in [0.2, 0.25) is 0 Å². The van der Waals surface area contributed by atoms with E-state index in [1.807, 2.05) is 12.4 Å². The predicted octanol–water partition coefficient (Wildman–Crippen LogP) is 3.16. The lowest BCUT2D eigenvalue weighted by atomic mass is 10.2. The smallest absolute Gasteiger partial charge is 0.0586 e. The minimum atomic E-state index is 1.07. The average Bonchev–Trinajstić information content (AvgIpc) is 2.25. The Kier molecular flexibility index (Phi) is 5.20. The number of rotatable bonds is 6. The van der Waals surface area contributed by atoms with Gasteiger partial charge in [-0.2, -0.15) is 0 Å². The molecular formula is C12H20N2. The van der Waals surface area contributed by atoms with Crippen molar-refractivity contribution in [3.8, 4) is 0 Å². The minimum Gasteiger partial charge on any atom is -0.258 e. The van der Waals surface area contributed by atoms with Gasteiger partial charge in [-0.25, -0.2) is 0 Å². The van der Waals surface area contributed by atoms with E-state index in [9.17, 15) is 0 Å². The van der Waals surface area contributed by atoms with Gasteiger partial charge in [-0.05, 0) is 25.7 Å². The Hall–Kier alpha value is -0.920. The zero-order chi connectivity index (χ0) is 10.2. The van der Waals surface area contributed by atoms with E-state index in [-0.39, 0.29) is 0 Å². The van der Waals surface area contributed by atoms with Crippen molar-refractivity contribution in [1.82, 2.24) is 9.97 Å². The predicted molar refractivity (Wildman–Crippen MR) is 59.3 cm³/mol. The number of aryl methyl sites for hydroxylation is 2. The van der Waals surface area contributed by atoms with Crippen molar-refractivity contribution in [2.45, 2.75) is 52.4 Å². The van der Waals surface area contributed by atoms with Crippen molar-refractivity contribution in [1.29, 1.82) is 0 Å². The fraction of sp³-hybridized carbons (Fsp3) is 0.667. The molecule has 0 N–H and O–H groups in total. The summed E-state index contributed by atoms with van der Waals surface area (Å²) in [7, 11) is 0. The minimum absolute atomic E-state index is 1.07. The van der Waals surface area contributed by atoms with E-state index in [2.05, 4.69) is 23.8 Å². The summed E-state index contributed by atoms with van der Waals surface area (Å²) in [4.78, 5) is 8.81. The highest BCUT2D eigenvalue weighted by Gasteiger charge is 1.97. The molecule has 0 aliphatic carbocycles. The normalized spacial score (nSPS) is 10.4. The lowest BCUT2D eigenvalue weighted by molar-refractivity contribution is 0.748. The van der Waals surface area contributed by atoms with Gasteiger partial charge in [0.05, 0.1) is 11.4 Å². The summed E-state index contributed by atoms with van der Waals surface area (Å²) >= 11 is 0. The molecule has 0 aliphatic rings. The van der Waals surface area contributed by atoms with Gasteiger partial charge in [-0.15, -0.1) is 0 Å². The van der Waals surface area contributed by atoms with Gasteiger partial charge in [0.25, 0.3) is 0 Å². The third kappa shape index (κ3) is 3.86. The van der Waals surface area contributed by atoms with Crippen molar-refractivity contribution in [3.63, 3.8) is 0 Å². The Morgan fingerprint density at radius 3 is 1.57 bits per heavy atom. The number of hydrogen-bond donors (Lipinski definition) is 0. The van der Waals surface area contributed by atoms with Crippen molar-refractivity contribution < 1.29 is 0 Å². The molecule has 0 radical (unpaired) electrons. The third-order valence-corrected chi connectivity index (χ3v) is 2.33. The Morgan fingerprint density at radius 2 is 1.29 bits per heavy atom. The van der Waals surface area contributed by atoms with E-state index in [4.69, 9.17) is 0 Å². The maximum atomic E-state index is 4.41. The highest BCUT2D eigenvalue weighted by molar-refractivity contribution is 5.02. The summed E-state index contributed by atoms with van der Waals surface area (Å²) in [6.45, 7) is 4.39. The molecule has 0 bridgehead atoms. The van der Waals surface area contributed by atoms with Gasteiger partial charge in [-0.3, -0.25) is 9.97 Å². The monoisotopic (exact) mass is 192 g/mol. The van der Waals surface area contributed by atoms with Gasteiger partial charge in [0, 0.05) is 12.4 Å². The Morgan fingerprint density at radius 1 is 0.857 bits per heavy atom. The highest BCUT2D eigenvalue weighted by atomic mass is 14.8. The summed E-state index contributed by atoms with van der Waals surface area (Å²) in [5.74, 6) is 0. The first-order valence-electron chi connectivity index (χ1n) is 5.66. The SMILES string of the molecule is CCCCc1cnc(CCCC)cn1. The van der Waals surface area contributed by atoms with Crippen LogP contribution >= 0.6 is 0 Å². The van der Waals surface area contributed by atoms with Crippen molar-refractivity contribution in [2.75, 3.05) is 0 Å². The zero-order valence-corrected chi connectivity index (χ0v) is 9.29. The van der Waals surface area contributed by atoms with Gasteiger partial charge in [-0.1, -0.05) is 26.7 Å². The number of unbranched alkanes of at least 4 members (excludes halogenated alkanes) is 2. The lowest BCUT2D eigenvalue weighted by Crippen LogP contribution is -1.96. The van der Waals surface area contributed by atoms with Crippen LogP contribution in [0.4, 0.5) is 0 Å². The van der Waals surface area contributed by atoms with Crippen LogP contribution in [0, 0.1) is 0 Å². The molecule has 0 unspecified atom stereocenters. The molecule has 0 spiro atoms. The summed E-state index contributed by atoms with van der Waals surface area (Å²) in [6.07, 6.45) is 10.9. The Labute approximate surface area is 86.8 Å². The van der Waals surface area contributed by atoms with Crippen LogP contribution < -0.4 is 0 Å². The van der Waals surface area contributed by atoms with Gasteiger partial charge >= 0.3 is 0 Å². The fourth-order valence-electron chi connectivity index (χ4n) is 1.36. The standard InChI is InChI=1S/C12H20N2/c1-3-5-7-11-9-14-12(10-13-11)8-6-4-2/h9-10H,3-8H2,1-2H3. The molecule has 14 heavy (non-hydrogen) atoms. The molecule has 1 heterocycles. The molecule has 0 fully saturated rings. The van der Waals surface area contributed by atoms with Crippen LogP contribution in [0.25, 0.3) is 0 Å². The first kappa shape index (κ1) is 11.2. The molecule has 0 aromatic carbocycles. The number of aromatic nitrogens is 2. The molecule has 2 heteroatoms. The second kappa shape index (κ2) is 6.52. The van der Waals surface area contributed by atoms with E-state index in [0.29, 0.717) is 0 Å². The summed E-state index contributed by atoms with van der Waals surface area (Å²) in [6, 6.07) is 0. The molecular weight excluding hydrogens is 172 g/mol. The summed E-state index contributed by atoms with van der Waals surface area (Å²) in [5.41, 5.74) is 2.26. The van der Waals surface area contributed by atoms with Crippen LogP contribution in [0.1, 0.15) is 50.9 Å². The first-order chi connectivity index (χ1) is 6.86. The Bertz CT molecular complexity index is 214. The molecule has 0 aliphatic heterocycles. The van der Waals surface area contributed by atoms with Crippen LogP contribution in [0.5, 0.6) is 0 Å². The van der Waals surface area contributed by atoms with E-state index in [0.717, 1.165) is 24.2 Å². The van der Waals surface area contributed by atoms with Gasteiger partial charge in [0.2, 0.25) is 0 Å². The quantitative estimate of drug-likeness (QED) is 0.692. The maximum absolute atomic E-state index is 4.41. The summed E-state index contributed by atoms with van der Waals surface area (Å²) < 4.78 is 0. The molecule has 0 amide bonds. The highest BCUT2D eigenvalue weighted by Crippen LogP contribution is 2.03. The van der Waals surface area contributed by atoms with Crippen LogP contribution in [-0.2, 0) is 12.8 Å². The van der Waals surface area contributed by atoms with E-state index < -0.39 is 0 Å². The largest absolute Gasteiger partial charge is 0.258 e. The van der Waals surface area contributed by atoms with Crippen molar-refractivity contribution >= 4 is 0 Å². The maximum Gasteiger partial charge on any atom is 0.0586 e. The molecule has 0 saturated carbocycles. The molecule has 1 rings (SSSR count). The van der Waals surface area contributed by atoms with Crippen LogP contribution in [-0.4, -0.2) is 9.97 Å². The first-order valence-corrected chi connectivity index (χ1v) is 5.66. The average molecular weight is 192 g/mol.